The highest BCUT2D eigenvalue weighted by molar-refractivity contribution is 7.14. The number of hydrogen-bond acceptors (Lipinski definition) is 5. The van der Waals surface area contributed by atoms with E-state index in [0.29, 0.717) is 0 Å². The Balaban J connectivity index is 0.00000185. The van der Waals surface area contributed by atoms with Gasteiger partial charge in [-0.25, -0.2) is 14.6 Å². The predicted molar refractivity (Wildman–Crippen MR) is 161 cm³/mol. The lowest BCUT2D eigenvalue weighted by Crippen LogP contribution is -3.00. The van der Waals surface area contributed by atoms with E-state index < -0.39 is 0 Å². The summed E-state index contributed by atoms with van der Waals surface area (Å²) < 4.78 is 8.63. The number of nitrogens with two attached hydrogens (primary N) is 1. The Morgan fingerprint density at radius 2 is 1.27 bits per heavy atom. The van der Waals surface area contributed by atoms with E-state index in [1.165, 1.54) is 9.92 Å². The van der Waals surface area contributed by atoms with Gasteiger partial charge in [-0.3, -0.25) is 0 Å². The molecule has 4 aromatic heterocycles. The molecule has 9 nitrogen and oxygen atoms in total. The van der Waals surface area contributed by atoms with E-state index in [0.717, 1.165) is 33.6 Å². The number of thiazole rings is 2. The molecule has 13 heteroatoms. The summed E-state index contributed by atoms with van der Waals surface area (Å²) >= 11 is 3.43. The molecule has 6 aromatic rings. The molecular formula is C27H26Cl2N9S2+. The van der Waals surface area contributed by atoms with Gasteiger partial charge in [0.15, 0.2) is 11.4 Å². The number of aryl methyl sites for hydroxylation is 2. The first-order valence-corrected chi connectivity index (χ1v) is 13.6. The molecule has 2 aromatic carbocycles. The van der Waals surface area contributed by atoms with Crippen LogP contribution in [0.1, 0.15) is 11.1 Å². The summed E-state index contributed by atoms with van der Waals surface area (Å²) in [5.74, 6) is 0.104. The highest BCUT2D eigenvalue weighted by Gasteiger charge is 2.17. The van der Waals surface area contributed by atoms with Crippen LogP contribution >= 0.6 is 35.1 Å². The highest BCUT2D eigenvalue weighted by atomic mass is 35.5. The number of aromatic nitrogens is 4. The molecule has 4 heterocycles. The van der Waals surface area contributed by atoms with Gasteiger partial charge in [-0.15, -0.1) is 17.5 Å². The molecule has 0 amide bonds. The van der Waals surface area contributed by atoms with Crippen LogP contribution in [0.25, 0.3) is 32.4 Å². The standard InChI is InChI=1S/C27H25N9S2.2ClH/c1-33-23(17-35-11-13-37-26(33)35)21-7-3-19(4-8-21)15-29-31-25(28)32-30-16-20-5-9-22(10-6-20)24-18-36-12-14-38-27(36)34(24)2;;/h3-18H,1-2H3,(H3,28,31,32);2*1H/q+2;;/p-1/b29-15+,30-16+;;. The number of rotatable bonds is 6. The molecule has 0 radical (unpaired) electrons. The Labute approximate surface area is 251 Å². The van der Waals surface area contributed by atoms with E-state index in [2.05, 4.69) is 113 Å². The van der Waals surface area contributed by atoms with Gasteiger partial charge in [0.25, 0.3) is 0 Å². The SMILES string of the molecule is Cl.Cn1c(-c2ccc(/C=N/N=C(\N)N/N=C/c3ccc(-c4c[n+]5ccsc5n4C)cc3)cc2)c[n+]2ccsc12.[Cl-]. The lowest BCUT2D eigenvalue weighted by Gasteiger charge is -1.99. The van der Waals surface area contributed by atoms with Crippen LogP contribution in [-0.4, -0.2) is 27.5 Å². The summed E-state index contributed by atoms with van der Waals surface area (Å²) in [6, 6.07) is 16.3. The third kappa shape index (κ3) is 5.77. The van der Waals surface area contributed by atoms with Crippen molar-refractivity contribution < 1.29 is 21.2 Å². The van der Waals surface area contributed by atoms with Gasteiger partial charge in [-0.05, 0) is 35.4 Å². The second kappa shape index (κ2) is 12.4. The number of benzene rings is 2. The molecular weight excluding hydrogens is 585 g/mol. The number of nitrogens with one attached hydrogen (secondary N) is 1. The van der Waals surface area contributed by atoms with Crippen molar-refractivity contribution in [3.05, 3.63) is 95.2 Å². The van der Waals surface area contributed by atoms with Gasteiger partial charge in [0.2, 0.25) is 5.96 Å². The Morgan fingerprint density at radius 1 is 0.800 bits per heavy atom. The molecule has 0 aliphatic carbocycles. The lowest BCUT2D eigenvalue weighted by molar-refractivity contribution is -0.505. The third-order valence-corrected chi connectivity index (χ3v) is 8.14. The summed E-state index contributed by atoms with van der Waals surface area (Å²) in [6.07, 6.45) is 11.7. The quantitative estimate of drug-likeness (QED) is 0.127. The fourth-order valence-corrected chi connectivity index (χ4v) is 5.89. The zero-order valence-electron chi connectivity index (χ0n) is 21.5. The number of nitrogens with zero attached hydrogens (tertiary/aromatic N) is 7. The van der Waals surface area contributed by atoms with E-state index in [-0.39, 0.29) is 30.8 Å². The van der Waals surface area contributed by atoms with Gasteiger partial charge >= 0.3 is 9.92 Å². The third-order valence-electron chi connectivity index (χ3n) is 6.23. The van der Waals surface area contributed by atoms with E-state index in [9.17, 15) is 0 Å². The topological polar surface area (TPSA) is 93.2 Å². The van der Waals surface area contributed by atoms with Crippen LogP contribution in [0, 0.1) is 0 Å². The van der Waals surface area contributed by atoms with Gasteiger partial charge in [0.05, 0.1) is 26.5 Å². The zero-order chi connectivity index (χ0) is 26.1. The number of hydrogen-bond donors (Lipinski definition) is 2. The minimum absolute atomic E-state index is 0. The molecule has 40 heavy (non-hydrogen) atoms. The number of fused-ring (bicyclic) bond motifs is 2. The minimum atomic E-state index is 0. The highest BCUT2D eigenvalue weighted by Crippen LogP contribution is 2.22. The largest absolute Gasteiger partial charge is 1.00 e. The Kier molecular flexibility index (Phi) is 9.00. The van der Waals surface area contributed by atoms with Crippen molar-refractivity contribution in [1.82, 2.24) is 14.6 Å². The summed E-state index contributed by atoms with van der Waals surface area (Å²) in [7, 11) is 4.15. The second-order valence-corrected chi connectivity index (χ2v) is 10.4. The summed E-state index contributed by atoms with van der Waals surface area (Å²) in [6.45, 7) is 0. The first kappa shape index (κ1) is 29.0. The van der Waals surface area contributed by atoms with Crippen molar-refractivity contribution in [2.24, 2.45) is 35.1 Å². The van der Waals surface area contributed by atoms with Crippen LogP contribution in [0.2, 0.25) is 0 Å². The molecule has 6 rings (SSSR count). The van der Waals surface area contributed by atoms with Gasteiger partial charge in [-0.2, -0.15) is 19.0 Å². The number of hydrazone groups is 1. The number of guanidine groups is 1. The van der Waals surface area contributed by atoms with Crippen molar-refractivity contribution in [1.29, 1.82) is 0 Å². The van der Waals surface area contributed by atoms with Crippen molar-refractivity contribution in [3.63, 3.8) is 0 Å². The van der Waals surface area contributed by atoms with Crippen LogP contribution < -0.4 is 32.4 Å². The fourth-order valence-electron chi connectivity index (χ4n) is 4.28. The molecule has 0 saturated carbocycles. The summed E-state index contributed by atoms with van der Waals surface area (Å²) in [4.78, 5) is 2.38. The average Bonchev–Trinajstić information content (AvgIpc) is 3.70. The Hall–Kier alpha value is -4.03. The maximum Gasteiger partial charge on any atom is 0.345 e. The van der Waals surface area contributed by atoms with Gasteiger partial charge < -0.3 is 18.1 Å². The molecule has 0 unspecified atom stereocenters. The molecule has 3 N–H and O–H groups in total. The fraction of sp³-hybridized carbons (Fsp3) is 0.0741. The summed E-state index contributed by atoms with van der Waals surface area (Å²) in [5, 5.41) is 16.4. The molecule has 0 bridgehead atoms. The van der Waals surface area contributed by atoms with Crippen LogP contribution in [0.4, 0.5) is 0 Å². The molecule has 0 spiro atoms. The molecule has 204 valence electrons. The van der Waals surface area contributed by atoms with Crippen LogP contribution in [0.5, 0.6) is 0 Å². The second-order valence-electron chi connectivity index (χ2n) is 8.68. The minimum Gasteiger partial charge on any atom is -1.00 e. The van der Waals surface area contributed by atoms with E-state index in [1.807, 2.05) is 24.3 Å². The van der Waals surface area contributed by atoms with Crippen molar-refractivity contribution in [2.45, 2.75) is 0 Å². The smallest absolute Gasteiger partial charge is 0.345 e. The van der Waals surface area contributed by atoms with Crippen molar-refractivity contribution >= 4 is 63.4 Å². The molecule has 0 atom stereocenters. The summed E-state index contributed by atoms with van der Waals surface area (Å²) in [5.41, 5.74) is 15.0. The Morgan fingerprint density at radius 3 is 1.75 bits per heavy atom. The average molecular weight is 612 g/mol. The molecule has 0 fully saturated rings. The lowest BCUT2D eigenvalue weighted by atomic mass is 10.1. The first-order chi connectivity index (χ1) is 18.6. The molecule has 0 saturated heterocycles. The maximum atomic E-state index is 5.89. The van der Waals surface area contributed by atoms with Gasteiger partial charge in [-0.1, -0.05) is 46.9 Å². The first-order valence-electron chi connectivity index (χ1n) is 11.8. The van der Waals surface area contributed by atoms with Crippen molar-refractivity contribution in [2.75, 3.05) is 0 Å². The van der Waals surface area contributed by atoms with Crippen LogP contribution in [0.3, 0.4) is 0 Å². The van der Waals surface area contributed by atoms with Gasteiger partial charge in [0.1, 0.15) is 24.8 Å². The number of imidazole rings is 2. The van der Waals surface area contributed by atoms with E-state index in [1.54, 1.807) is 35.1 Å². The Bertz CT molecular complexity index is 1830. The molecule has 0 aliphatic rings. The normalized spacial score (nSPS) is 11.9. The maximum absolute atomic E-state index is 5.89. The van der Waals surface area contributed by atoms with Crippen LogP contribution in [0.15, 0.2) is 99.4 Å². The number of halogens is 2. The monoisotopic (exact) mass is 610 g/mol. The van der Waals surface area contributed by atoms with Crippen molar-refractivity contribution in [3.8, 4) is 22.5 Å². The van der Waals surface area contributed by atoms with E-state index >= 15 is 0 Å². The van der Waals surface area contributed by atoms with Crippen LogP contribution in [-0.2, 0) is 14.1 Å². The zero-order valence-corrected chi connectivity index (χ0v) is 24.8. The van der Waals surface area contributed by atoms with Gasteiger partial charge in [0, 0.05) is 21.9 Å². The molecule has 0 aliphatic heterocycles. The van der Waals surface area contributed by atoms with E-state index in [4.69, 9.17) is 5.73 Å². The predicted octanol–water partition coefficient (Wildman–Crippen LogP) is 0.996.